The fraction of sp³-hybridized carbons (Fsp3) is 0.867. The molecule has 0 spiro atoms. The molecule has 0 aromatic heterocycles. The molecule has 10 atom stereocenters. The molecule has 3 N–H and O–H groups in total. The number of rotatable bonds is 12. The molecular weight excluding hydrogens is 616 g/mol. The highest BCUT2D eigenvalue weighted by molar-refractivity contribution is 7.85. The van der Waals surface area contributed by atoms with Crippen LogP contribution >= 0.6 is 11.6 Å². The highest BCUT2D eigenvalue weighted by atomic mass is 35.5. The van der Waals surface area contributed by atoms with E-state index in [1.165, 1.54) is 37.0 Å². The number of quaternary nitrogens is 2. The summed E-state index contributed by atoms with van der Waals surface area (Å²) in [5.74, 6) is 1.85. The van der Waals surface area contributed by atoms with E-state index in [0.717, 1.165) is 67.2 Å². The molecule has 0 bridgehead atoms. The fourth-order valence-electron chi connectivity index (χ4n) is 8.45. The molecule has 2 heterocycles. The lowest BCUT2D eigenvalue weighted by Crippen LogP contribution is -3.18. The van der Waals surface area contributed by atoms with Gasteiger partial charge < -0.3 is 18.9 Å². The van der Waals surface area contributed by atoms with Gasteiger partial charge in [0, 0.05) is 36.8 Å². The van der Waals surface area contributed by atoms with Crippen molar-refractivity contribution in [2.45, 2.75) is 126 Å². The summed E-state index contributed by atoms with van der Waals surface area (Å²) >= 11 is 4.28. The van der Waals surface area contributed by atoms with Gasteiger partial charge in [0.2, 0.25) is 6.23 Å². The minimum absolute atomic E-state index is 0.0710. The van der Waals surface area contributed by atoms with Gasteiger partial charge in [0.15, 0.2) is 6.10 Å². The molecular formula is C30H50ClN2O8S2+. The molecule has 10 nitrogen and oxygen atoms in total. The molecule has 43 heavy (non-hydrogen) atoms. The maximum Gasteiger partial charge on any atom is 0.301 e. The van der Waals surface area contributed by atoms with Gasteiger partial charge in [-0.2, -0.15) is 4.21 Å². The minimum atomic E-state index is -4.34. The second kappa shape index (κ2) is 15.3. The van der Waals surface area contributed by atoms with Crippen LogP contribution in [0.1, 0.15) is 90.4 Å². The molecule has 3 saturated carbocycles. The Labute approximate surface area is 264 Å². The van der Waals surface area contributed by atoms with E-state index >= 15 is 0 Å². The molecule has 5 rings (SSSR count). The second-order valence-electron chi connectivity index (χ2n) is 13.2. The van der Waals surface area contributed by atoms with Crippen LogP contribution in [-0.4, -0.2) is 83.1 Å². The van der Waals surface area contributed by atoms with Crippen molar-refractivity contribution in [2.75, 3.05) is 25.4 Å². The summed E-state index contributed by atoms with van der Waals surface area (Å²) in [5.41, 5.74) is 1.05. The molecule has 13 heteroatoms. The van der Waals surface area contributed by atoms with Gasteiger partial charge in [-0.25, -0.2) is 8.42 Å². The van der Waals surface area contributed by atoms with Crippen molar-refractivity contribution in [1.82, 2.24) is 0 Å². The van der Waals surface area contributed by atoms with E-state index in [4.69, 9.17) is 29.8 Å². The number of hydrogen-bond donors (Lipinski definition) is 3. The van der Waals surface area contributed by atoms with Crippen molar-refractivity contribution >= 4 is 33.1 Å². The van der Waals surface area contributed by atoms with Gasteiger partial charge in [-0.15, -0.1) is 11.6 Å². The Hall–Kier alpha value is -0.570. The smallest absolute Gasteiger partial charge is 0.301 e. The summed E-state index contributed by atoms with van der Waals surface area (Å²) in [4.78, 5) is 2.25. The molecule has 5 fully saturated rings. The van der Waals surface area contributed by atoms with Gasteiger partial charge >= 0.3 is 11.4 Å². The van der Waals surface area contributed by atoms with E-state index in [9.17, 15) is 17.2 Å². The molecule has 5 aliphatic rings. The van der Waals surface area contributed by atoms with Gasteiger partial charge in [0.25, 0.3) is 5.88 Å². The van der Waals surface area contributed by atoms with Crippen LogP contribution in [-0.2, 0) is 35.1 Å². The Morgan fingerprint density at radius 3 is 2.56 bits per heavy atom. The first-order valence-electron chi connectivity index (χ1n) is 16.4. The first kappa shape index (κ1) is 33.8. The van der Waals surface area contributed by atoms with Crippen LogP contribution < -0.4 is 9.80 Å². The Kier molecular flexibility index (Phi) is 12.1. The lowest BCUT2D eigenvalue weighted by Gasteiger charge is -2.37. The van der Waals surface area contributed by atoms with Crippen molar-refractivity contribution in [3.05, 3.63) is 23.6 Å². The summed E-state index contributed by atoms with van der Waals surface area (Å²) in [5, 5.41) is 0.101. The topological polar surface area (TPSA) is 131 Å². The van der Waals surface area contributed by atoms with Crippen LogP contribution in [0.25, 0.3) is 0 Å². The van der Waals surface area contributed by atoms with Crippen molar-refractivity contribution in [2.24, 2.45) is 11.8 Å². The predicted octanol–water partition coefficient (Wildman–Crippen LogP) is 2.06. The Bertz CT molecular complexity index is 1130. The van der Waals surface area contributed by atoms with Crippen LogP contribution in [0.15, 0.2) is 23.6 Å². The highest BCUT2D eigenvalue weighted by Crippen LogP contribution is 2.40. The molecule has 10 unspecified atom stereocenters. The lowest BCUT2D eigenvalue weighted by atomic mass is 9.71. The third-order valence-corrected chi connectivity index (χ3v) is 12.0. The summed E-state index contributed by atoms with van der Waals surface area (Å²) in [7, 11) is -4.34. The van der Waals surface area contributed by atoms with Gasteiger partial charge in [-0.05, 0) is 49.5 Å². The number of halogens is 1. The van der Waals surface area contributed by atoms with Crippen molar-refractivity contribution in [3.8, 4) is 0 Å². The Morgan fingerprint density at radius 1 is 1.07 bits per heavy atom. The van der Waals surface area contributed by atoms with Crippen LogP contribution in [0, 0.1) is 11.8 Å². The average Bonchev–Trinajstić information content (AvgIpc) is 3.49. The standard InChI is InChI=1S/C30H49ClN2O8S2/c1-2-21(17-29-32(13-6-15-39-42(34)35)26-20-24(31)10-12-28(26)41-29)18-30-33(14-16-43(36,37)38)25-19-23(9-11-27(25)40-30)22-7-4-3-5-8-22/h17-18,22-28,30H,2-16,19-20H2,1H3,(H,34,35)(H,36,37,38)/p+1. The van der Waals surface area contributed by atoms with Crippen molar-refractivity contribution < 1.29 is 45.2 Å². The van der Waals surface area contributed by atoms with Crippen LogP contribution in [0.2, 0.25) is 0 Å². The van der Waals surface area contributed by atoms with E-state index in [1.54, 1.807) is 0 Å². The number of fused-ring (bicyclic) bond motifs is 2. The number of alkyl halides is 1. The SMILES string of the molecule is CCC(=CC1OC2CCC(C3CCCCC3)CC2[NH+]1CCS(=O)(=O)[O-])C=C1OC2CCC(Cl)CC2[NH+]1CCCOS(=O)O. The van der Waals surface area contributed by atoms with Crippen molar-refractivity contribution in [1.29, 1.82) is 0 Å². The Morgan fingerprint density at radius 2 is 1.84 bits per heavy atom. The zero-order valence-corrected chi connectivity index (χ0v) is 27.7. The fourth-order valence-corrected chi connectivity index (χ4v) is 9.51. The monoisotopic (exact) mass is 665 g/mol. The van der Waals surface area contributed by atoms with E-state index in [1.807, 2.05) is 0 Å². The highest BCUT2D eigenvalue weighted by Gasteiger charge is 2.50. The largest absolute Gasteiger partial charge is 0.748 e. The molecule has 0 aromatic rings. The number of ether oxygens (including phenoxy) is 2. The lowest BCUT2D eigenvalue weighted by molar-refractivity contribution is -0.938. The van der Waals surface area contributed by atoms with Gasteiger partial charge in [-0.3, -0.25) is 13.6 Å². The van der Waals surface area contributed by atoms with Gasteiger partial charge in [0.1, 0.15) is 28.3 Å². The molecule has 0 radical (unpaired) electrons. The first-order valence-corrected chi connectivity index (χ1v) is 19.4. The summed E-state index contributed by atoms with van der Waals surface area (Å²) in [6, 6.07) is 0.409. The molecule has 246 valence electrons. The number of nitrogens with one attached hydrogen (secondary N) is 2. The molecule has 0 amide bonds. The van der Waals surface area contributed by atoms with E-state index in [2.05, 4.69) is 19.1 Å². The number of allylic oxidation sites excluding steroid dienone is 2. The molecule has 2 aliphatic heterocycles. The first-order chi connectivity index (χ1) is 20.6. The third-order valence-electron chi connectivity index (χ3n) is 10.6. The quantitative estimate of drug-likeness (QED) is 0.125. The molecule has 3 aliphatic carbocycles. The van der Waals surface area contributed by atoms with Crippen LogP contribution in [0.4, 0.5) is 0 Å². The normalized spacial score (nSPS) is 38.9. The maximum absolute atomic E-state index is 11.7. The molecule has 2 saturated heterocycles. The third kappa shape index (κ3) is 9.04. The summed E-state index contributed by atoms with van der Waals surface area (Å²) in [6.07, 6.45) is 17.7. The van der Waals surface area contributed by atoms with E-state index < -0.39 is 21.5 Å². The van der Waals surface area contributed by atoms with Gasteiger partial charge in [-0.1, -0.05) is 39.0 Å². The van der Waals surface area contributed by atoms with E-state index in [-0.39, 0.29) is 54.8 Å². The second-order valence-corrected chi connectivity index (χ2v) is 16.0. The average molecular weight is 666 g/mol. The number of hydrogen-bond acceptors (Lipinski definition) is 7. The summed E-state index contributed by atoms with van der Waals surface area (Å²) < 4.78 is 73.1. The Balaban J connectivity index is 1.35. The minimum Gasteiger partial charge on any atom is -0.748 e. The van der Waals surface area contributed by atoms with Crippen molar-refractivity contribution in [3.63, 3.8) is 0 Å². The zero-order chi connectivity index (χ0) is 30.6. The van der Waals surface area contributed by atoms with Gasteiger partial charge in [0.05, 0.1) is 25.4 Å². The predicted molar refractivity (Wildman–Crippen MR) is 163 cm³/mol. The van der Waals surface area contributed by atoms with Crippen LogP contribution in [0.5, 0.6) is 0 Å². The maximum atomic E-state index is 11.7. The zero-order valence-electron chi connectivity index (χ0n) is 25.3. The summed E-state index contributed by atoms with van der Waals surface area (Å²) in [6.45, 7) is 3.21. The molecule has 0 aromatic carbocycles. The van der Waals surface area contributed by atoms with Crippen LogP contribution in [0.3, 0.4) is 0 Å². The van der Waals surface area contributed by atoms with E-state index in [0.29, 0.717) is 18.9 Å².